The Labute approximate surface area is 72.9 Å². The minimum Gasteiger partial charge on any atom is -0.319 e. The zero-order valence-electron chi connectivity index (χ0n) is 6.82. The fourth-order valence-corrected chi connectivity index (χ4v) is 1.56. The highest BCUT2D eigenvalue weighted by molar-refractivity contribution is 5.91. The molecule has 0 aromatic heterocycles. The third kappa shape index (κ3) is 1.50. The number of carbonyl (C=O) groups is 1. The van der Waals surface area contributed by atoms with Crippen LogP contribution in [0.4, 0.5) is 13.2 Å². The number of halogens is 3. The number of carbonyl (C=O) groups excluding carboxylic acids is 1. The SMILES string of the molecule is O=C1N(CC(F)(F)F)CNC12CC2. The fourth-order valence-electron chi connectivity index (χ4n) is 1.56. The zero-order valence-corrected chi connectivity index (χ0v) is 6.82. The molecule has 2 aliphatic rings. The van der Waals surface area contributed by atoms with Gasteiger partial charge in [0.1, 0.15) is 6.54 Å². The van der Waals surface area contributed by atoms with Crippen LogP contribution in [-0.2, 0) is 4.79 Å². The van der Waals surface area contributed by atoms with Crippen molar-refractivity contribution in [3.8, 4) is 0 Å². The van der Waals surface area contributed by atoms with E-state index in [-0.39, 0.29) is 6.67 Å². The molecule has 2 rings (SSSR count). The van der Waals surface area contributed by atoms with Crippen molar-refractivity contribution in [1.82, 2.24) is 10.2 Å². The number of nitrogens with one attached hydrogen (secondary N) is 1. The second kappa shape index (κ2) is 2.37. The zero-order chi connectivity index (χ0) is 9.69. The fraction of sp³-hybridized carbons (Fsp3) is 0.857. The van der Waals surface area contributed by atoms with Crippen LogP contribution in [0.3, 0.4) is 0 Å². The van der Waals surface area contributed by atoms with Crippen LogP contribution in [0.25, 0.3) is 0 Å². The Balaban J connectivity index is 1.99. The van der Waals surface area contributed by atoms with Gasteiger partial charge in [-0.3, -0.25) is 10.1 Å². The van der Waals surface area contributed by atoms with E-state index < -0.39 is 24.2 Å². The minimum atomic E-state index is -4.29. The van der Waals surface area contributed by atoms with Crippen molar-refractivity contribution in [3.63, 3.8) is 0 Å². The summed E-state index contributed by atoms with van der Waals surface area (Å²) in [5.41, 5.74) is -0.620. The first-order valence-corrected chi connectivity index (χ1v) is 4.04. The monoisotopic (exact) mass is 194 g/mol. The van der Waals surface area contributed by atoms with Gasteiger partial charge in [0.05, 0.1) is 12.2 Å². The summed E-state index contributed by atoms with van der Waals surface area (Å²) >= 11 is 0. The van der Waals surface area contributed by atoms with E-state index in [1.54, 1.807) is 0 Å². The predicted molar refractivity (Wildman–Crippen MR) is 37.7 cm³/mol. The highest BCUT2D eigenvalue weighted by Gasteiger charge is 2.56. The molecule has 0 aromatic carbocycles. The van der Waals surface area contributed by atoms with E-state index in [1.807, 2.05) is 0 Å². The predicted octanol–water partition coefficient (Wildman–Crippen LogP) is 0.471. The van der Waals surface area contributed by atoms with Crippen LogP contribution in [0.5, 0.6) is 0 Å². The quantitative estimate of drug-likeness (QED) is 0.658. The summed E-state index contributed by atoms with van der Waals surface area (Å²) in [6.07, 6.45) is -2.96. The van der Waals surface area contributed by atoms with Gasteiger partial charge < -0.3 is 4.90 Å². The molecule has 3 nitrogen and oxygen atoms in total. The number of alkyl halides is 3. The van der Waals surface area contributed by atoms with Crippen LogP contribution in [-0.4, -0.2) is 35.7 Å². The highest BCUT2D eigenvalue weighted by Crippen LogP contribution is 2.40. The third-order valence-electron chi connectivity index (χ3n) is 2.43. The molecule has 2 fully saturated rings. The molecular weight excluding hydrogens is 185 g/mol. The largest absolute Gasteiger partial charge is 0.406 e. The number of hydrogen-bond donors (Lipinski definition) is 1. The highest BCUT2D eigenvalue weighted by atomic mass is 19.4. The molecule has 1 N–H and O–H groups in total. The van der Waals surface area contributed by atoms with Crippen molar-refractivity contribution in [2.24, 2.45) is 0 Å². The summed E-state index contributed by atoms with van der Waals surface area (Å²) in [6, 6.07) is 0. The molecule has 1 saturated carbocycles. The smallest absolute Gasteiger partial charge is 0.319 e. The number of hydrogen-bond acceptors (Lipinski definition) is 2. The maximum atomic E-state index is 11.9. The van der Waals surface area contributed by atoms with Gasteiger partial charge in [-0.05, 0) is 12.8 Å². The topological polar surface area (TPSA) is 32.3 Å². The Morgan fingerprint density at radius 1 is 1.46 bits per heavy atom. The van der Waals surface area contributed by atoms with E-state index in [1.165, 1.54) is 0 Å². The van der Waals surface area contributed by atoms with E-state index in [2.05, 4.69) is 5.32 Å². The lowest BCUT2D eigenvalue weighted by Gasteiger charge is -2.16. The van der Waals surface area contributed by atoms with Gasteiger partial charge in [0, 0.05) is 0 Å². The molecule has 74 valence electrons. The summed E-state index contributed by atoms with van der Waals surface area (Å²) in [5, 5.41) is 2.81. The summed E-state index contributed by atoms with van der Waals surface area (Å²) < 4.78 is 35.8. The first-order chi connectivity index (χ1) is 5.93. The maximum absolute atomic E-state index is 11.9. The molecule has 13 heavy (non-hydrogen) atoms. The summed E-state index contributed by atoms with van der Waals surface area (Å²) in [4.78, 5) is 12.2. The molecule has 0 radical (unpaired) electrons. The van der Waals surface area contributed by atoms with Crippen LogP contribution in [0, 0.1) is 0 Å². The lowest BCUT2D eigenvalue weighted by atomic mass is 10.3. The minimum absolute atomic E-state index is 0.0261. The van der Waals surface area contributed by atoms with Gasteiger partial charge in [-0.15, -0.1) is 0 Å². The van der Waals surface area contributed by atoms with Gasteiger partial charge in [-0.2, -0.15) is 13.2 Å². The van der Waals surface area contributed by atoms with Gasteiger partial charge in [-0.1, -0.05) is 0 Å². The van der Waals surface area contributed by atoms with Gasteiger partial charge in [0.25, 0.3) is 0 Å². The van der Waals surface area contributed by atoms with Crippen LogP contribution in [0.2, 0.25) is 0 Å². The molecule has 1 spiro atoms. The summed E-state index contributed by atoms with van der Waals surface area (Å²) in [5.74, 6) is -0.398. The Bertz CT molecular complexity index is 247. The maximum Gasteiger partial charge on any atom is 0.406 e. The van der Waals surface area contributed by atoms with Gasteiger partial charge in [0.2, 0.25) is 5.91 Å². The van der Waals surface area contributed by atoms with E-state index in [0.29, 0.717) is 12.8 Å². The third-order valence-corrected chi connectivity index (χ3v) is 2.43. The molecule has 1 aliphatic heterocycles. The Morgan fingerprint density at radius 2 is 2.08 bits per heavy atom. The first kappa shape index (κ1) is 8.80. The Hall–Kier alpha value is -0.780. The number of rotatable bonds is 1. The van der Waals surface area contributed by atoms with Crippen molar-refractivity contribution >= 4 is 5.91 Å². The van der Waals surface area contributed by atoms with Crippen LogP contribution in [0.15, 0.2) is 0 Å². The van der Waals surface area contributed by atoms with E-state index in [4.69, 9.17) is 0 Å². The van der Waals surface area contributed by atoms with Gasteiger partial charge >= 0.3 is 6.18 Å². The molecule has 0 bridgehead atoms. The van der Waals surface area contributed by atoms with Gasteiger partial charge in [-0.25, -0.2) is 0 Å². The number of amides is 1. The molecule has 1 heterocycles. The Morgan fingerprint density at radius 3 is 2.46 bits per heavy atom. The average Bonchev–Trinajstić information content (AvgIpc) is 2.70. The van der Waals surface area contributed by atoms with E-state index >= 15 is 0 Å². The average molecular weight is 194 g/mol. The number of nitrogens with zero attached hydrogens (tertiary/aromatic N) is 1. The molecule has 0 atom stereocenters. The molecule has 0 unspecified atom stereocenters. The molecule has 6 heteroatoms. The van der Waals surface area contributed by atoms with Crippen LogP contribution < -0.4 is 5.32 Å². The normalized spacial score (nSPS) is 25.8. The molecular formula is C7H9F3N2O. The Kier molecular flexibility index (Phi) is 1.61. The van der Waals surface area contributed by atoms with Crippen molar-refractivity contribution in [2.45, 2.75) is 24.6 Å². The van der Waals surface area contributed by atoms with E-state index in [9.17, 15) is 18.0 Å². The first-order valence-electron chi connectivity index (χ1n) is 4.04. The standard InChI is InChI=1S/C7H9F3N2O/c8-7(9,10)3-12-4-11-6(1-2-6)5(12)13/h11H,1-4H2. The van der Waals surface area contributed by atoms with Crippen molar-refractivity contribution in [1.29, 1.82) is 0 Å². The van der Waals surface area contributed by atoms with Crippen molar-refractivity contribution in [2.75, 3.05) is 13.2 Å². The molecule has 1 saturated heterocycles. The lowest BCUT2D eigenvalue weighted by Crippen LogP contribution is -2.38. The second-order valence-electron chi connectivity index (χ2n) is 3.54. The molecule has 1 aliphatic carbocycles. The summed E-state index contributed by atoms with van der Waals surface area (Å²) in [7, 11) is 0. The summed E-state index contributed by atoms with van der Waals surface area (Å²) in [6.45, 7) is -1.11. The second-order valence-corrected chi connectivity index (χ2v) is 3.54. The van der Waals surface area contributed by atoms with Crippen molar-refractivity contribution in [3.05, 3.63) is 0 Å². The molecule has 0 aromatic rings. The van der Waals surface area contributed by atoms with Gasteiger partial charge in [0.15, 0.2) is 0 Å². The van der Waals surface area contributed by atoms with E-state index in [0.717, 1.165) is 4.90 Å². The van der Waals surface area contributed by atoms with Crippen LogP contribution in [0.1, 0.15) is 12.8 Å². The van der Waals surface area contributed by atoms with Crippen molar-refractivity contribution < 1.29 is 18.0 Å². The lowest BCUT2D eigenvalue weighted by molar-refractivity contribution is -0.158. The van der Waals surface area contributed by atoms with Crippen LogP contribution >= 0.6 is 0 Å². The molecule has 1 amide bonds.